The number of hydrogen-bond donors (Lipinski definition) is 1. The third-order valence-corrected chi connectivity index (χ3v) is 7.13. The molecule has 5 rings (SSSR count). The Bertz CT molecular complexity index is 1340. The number of aromatic carboxylic acids is 1. The highest BCUT2D eigenvalue weighted by Gasteiger charge is 2.24. The summed E-state index contributed by atoms with van der Waals surface area (Å²) in [5.41, 5.74) is 4.26. The molecule has 1 aliphatic rings. The van der Waals surface area contributed by atoms with E-state index in [1.54, 1.807) is 17.0 Å². The van der Waals surface area contributed by atoms with E-state index in [1.807, 2.05) is 60.7 Å². The molecule has 3 aromatic carbocycles. The number of imidazole rings is 1. The smallest absolute Gasteiger partial charge is 0.335 e. The quantitative estimate of drug-likeness (QED) is 0.163. The van der Waals surface area contributed by atoms with Crippen LogP contribution in [0.3, 0.4) is 0 Å². The van der Waals surface area contributed by atoms with Crippen molar-refractivity contribution in [1.29, 1.82) is 0 Å². The van der Waals surface area contributed by atoms with Crippen LogP contribution in [0.1, 0.15) is 52.4 Å². The van der Waals surface area contributed by atoms with Gasteiger partial charge in [-0.3, -0.25) is 9.69 Å². The number of aromatic nitrogens is 2. The zero-order valence-electron chi connectivity index (χ0n) is 18.5. The average Bonchev–Trinajstić information content (AvgIpc) is 3.52. The molecule has 172 valence electrons. The van der Waals surface area contributed by atoms with Gasteiger partial charge in [0.05, 0.1) is 21.1 Å². The molecule has 6 nitrogen and oxygen atoms in total. The molecule has 1 aromatic heterocycles. The Balaban J connectivity index is 1.53. The van der Waals surface area contributed by atoms with Crippen molar-refractivity contribution >= 4 is 51.2 Å². The van der Waals surface area contributed by atoms with Gasteiger partial charge in [-0.15, -0.1) is 0 Å². The number of carbonyl (C=O) groups is 2. The molecule has 0 atom stereocenters. The van der Waals surface area contributed by atoms with E-state index in [2.05, 4.69) is 27.2 Å². The van der Waals surface area contributed by atoms with Crippen LogP contribution in [0.25, 0.3) is 22.4 Å². The average molecular weight is 565 g/mol. The molecule has 1 aliphatic carbocycles. The van der Waals surface area contributed by atoms with E-state index in [4.69, 9.17) is 4.98 Å². The highest BCUT2D eigenvalue weighted by atomic mass is 127. The first-order chi connectivity index (χ1) is 16.6. The summed E-state index contributed by atoms with van der Waals surface area (Å²) in [6.07, 6.45) is 4.51. The summed E-state index contributed by atoms with van der Waals surface area (Å²) in [5.74, 6) is -0.195. The lowest BCUT2D eigenvalue weighted by atomic mass is 10.1. The number of fused-ring (bicyclic) bond motifs is 1. The van der Waals surface area contributed by atoms with Crippen molar-refractivity contribution in [2.75, 3.05) is 9.45 Å². The van der Waals surface area contributed by atoms with Crippen molar-refractivity contribution in [3.8, 4) is 11.4 Å². The number of carbonyl (C=O) groups excluding carboxylic acids is 1. The largest absolute Gasteiger partial charge is 0.478 e. The second kappa shape index (κ2) is 9.58. The van der Waals surface area contributed by atoms with Crippen LogP contribution in [0.15, 0.2) is 72.8 Å². The number of nitrogens with zero attached hydrogens (tertiary/aromatic N) is 3. The predicted octanol–water partition coefficient (Wildman–Crippen LogP) is 6.56. The minimum absolute atomic E-state index is 0.0532. The second-order valence-corrected chi connectivity index (χ2v) is 9.20. The number of hydrogen-bond acceptors (Lipinski definition) is 3. The first kappa shape index (κ1) is 22.6. The molecule has 7 heteroatoms. The van der Waals surface area contributed by atoms with Crippen LogP contribution < -0.4 is 4.90 Å². The SMILES string of the molecule is O=C(O)c1ccc2c(c1)nc(-c1ccc(C(=O)N(CI)c3ccccc3)cc1)n2C1CCCC1. The van der Waals surface area contributed by atoms with Crippen LogP contribution in [-0.4, -0.2) is 31.1 Å². The molecule has 0 spiro atoms. The molecule has 34 heavy (non-hydrogen) atoms. The van der Waals surface area contributed by atoms with E-state index >= 15 is 0 Å². The number of amides is 1. The predicted molar refractivity (Wildman–Crippen MR) is 142 cm³/mol. The molecule has 0 aliphatic heterocycles. The van der Waals surface area contributed by atoms with Gasteiger partial charge in [-0.1, -0.05) is 65.8 Å². The molecule has 0 radical (unpaired) electrons. The van der Waals surface area contributed by atoms with Crippen molar-refractivity contribution in [2.45, 2.75) is 31.7 Å². The van der Waals surface area contributed by atoms with Gasteiger partial charge in [-0.2, -0.15) is 0 Å². The minimum Gasteiger partial charge on any atom is -0.478 e. The minimum atomic E-state index is -0.958. The van der Waals surface area contributed by atoms with Crippen molar-refractivity contribution in [3.05, 3.63) is 83.9 Å². The molecule has 1 saturated carbocycles. The van der Waals surface area contributed by atoms with Gasteiger partial charge in [-0.05, 0) is 55.3 Å². The van der Waals surface area contributed by atoms with Gasteiger partial charge in [0.2, 0.25) is 0 Å². The van der Waals surface area contributed by atoms with Crippen LogP contribution in [0.2, 0.25) is 0 Å². The van der Waals surface area contributed by atoms with Crippen LogP contribution in [-0.2, 0) is 0 Å². The maximum atomic E-state index is 13.2. The van der Waals surface area contributed by atoms with Gasteiger partial charge < -0.3 is 9.67 Å². The summed E-state index contributed by atoms with van der Waals surface area (Å²) in [4.78, 5) is 31.3. The van der Waals surface area contributed by atoms with E-state index in [1.165, 1.54) is 12.8 Å². The van der Waals surface area contributed by atoms with Gasteiger partial charge in [0, 0.05) is 22.9 Å². The second-order valence-electron chi connectivity index (χ2n) is 8.52. The molecule has 0 bridgehead atoms. The number of halogens is 1. The zero-order chi connectivity index (χ0) is 23.7. The summed E-state index contributed by atoms with van der Waals surface area (Å²) in [7, 11) is 0. The number of para-hydroxylation sites is 1. The highest BCUT2D eigenvalue weighted by molar-refractivity contribution is 14.1. The summed E-state index contributed by atoms with van der Waals surface area (Å²) >= 11 is 2.20. The van der Waals surface area contributed by atoms with E-state index in [9.17, 15) is 14.7 Å². The van der Waals surface area contributed by atoms with Gasteiger partial charge in [-0.25, -0.2) is 9.78 Å². The molecule has 0 saturated heterocycles. The Labute approximate surface area is 211 Å². The van der Waals surface area contributed by atoms with Gasteiger partial charge in [0.15, 0.2) is 0 Å². The zero-order valence-corrected chi connectivity index (χ0v) is 20.7. The van der Waals surface area contributed by atoms with E-state index in [0.717, 1.165) is 35.4 Å². The number of benzene rings is 3. The highest BCUT2D eigenvalue weighted by Crippen LogP contribution is 2.37. The van der Waals surface area contributed by atoms with Crippen molar-refractivity contribution < 1.29 is 14.7 Å². The number of carboxylic acid groups (broad SMARTS) is 1. The third-order valence-electron chi connectivity index (χ3n) is 6.45. The van der Waals surface area contributed by atoms with Gasteiger partial charge in [0.1, 0.15) is 5.82 Å². The van der Waals surface area contributed by atoms with Crippen LogP contribution in [0.4, 0.5) is 5.69 Å². The summed E-state index contributed by atoms with van der Waals surface area (Å²) < 4.78 is 2.80. The van der Waals surface area contributed by atoms with Crippen LogP contribution in [0.5, 0.6) is 0 Å². The van der Waals surface area contributed by atoms with Gasteiger partial charge in [0.25, 0.3) is 5.91 Å². The number of carboxylic acids is 1. The standard InChI is InChI=1S/C27H24IN3O3/c28-17-30(21-6-2-1-3-7-21)26(32)19-12-10-18(11-13-19)25-29-23-16-20(27(33)34)14-15-24(23)31(25)22-8-4-5-9-22/h1-3,6-7,10-16,22H,4-5,8-9,17H2,(H,33,34). The fourth-order valence-corrected chi connectivity index (χ4v) is 5.44. The Morgan fingerprint density at radius 2 is 1.65 bits per heavy atom. The van der Waals surface area contributed by atoms with E-state index < -0.39 is 5.97 Å². The fraction of sp³-hybridized carbons (Fsp3) is 0.222. The van der Waals surface area contributed by atoms with Crippen LogP contribution >= 0.6 is 22.6 Å². The van der Waals surface area contributed by atoms with E-state index in [-0.39, 0.29) is 11.5 Å². The lowest BCUT2D eigenvalue weighted by Crippen LogP contribution is -2.29. The third kappa shape index (κ3) is 4.20. The molecule has 1 N–H and O–H groups in total. The molecule has 4 aromatic rings. The molecular formula is C27H24IN3O3. The fourth-order valence-electron chi connectivity index (χ4n) is 4.73. The monoisotopic (exact) mass is 565 g/mol. The van der Waals surface area contributed by atoms with Crippen molar-refractivity contribution in [2.24, 2.45) is 0 Å². The molecule has 1 fully saturated rings. The molecule has 0 unspecified atom stereocenters. The van der Waals surface area contributed by atoms with Gasteiger partial charge >= 0.3 is 5.97 Å². The summed E-state index contributed by atoms with van der Waals surface area (Å²) in [6, 6.07) is 22.7. The number of alkyl halides is 1. The lowest BCUT2D eigenvalue weighted by Gasteiger charge is -2.20. The molecular weight excluding hydrogens is 541 g/mol. The summed E-state index contributed by atoms with van der Waals surface area (Å²) in [6.45, 7) is 0. The van der Waals surface area contributed by atoms with Crippen molar-refractivity contribution in [3.63, 3.8) is 0 Å². The Morgan fingerprint density at radius 1 is 0.971 bits per heavy atom. The molecule has 1 heterocycles. The first-order valence-corrected chi connectivity index (χ1v) is 12.9. The maximum absolute atomic E-state index is 13.2. The Morgan fingerprint density at radius 3 is 2.29 bits per heavy atom. The lowest BCUT2D eigenvalue weighted by molar-refractivity contribution is 0.0696. The maximum Gasteiger partial charge on any atom is 0.335 e. The number of rotatable bonds is 6. The Kier molecular flexibility index (Phi) is 6.36. The molecule has 1 amide bonds. The summed E-state index contributed by atoms with van der Waals surface area (Å²) in [5, 5.41) is 9.41. The van der Waals surface area contributed by atoms with E-state index in [0.29, 0.717) is 21.7 Å². The topological polar surface area (TPSA) is 75.4 Å². The van der Waals surface area contributed by atoms with Crippen LogP contribution in [0, 0.1) is 0 Å². The Hall–Kier alpha value is -3.20. The normalized spacial score (nSPS) is 13.9. The van der Waals surface area contributed by atoms with Crippen molar-refractivity contribution in [1.82, 2.24) is 9.55 Å². The number of anilines is 1. The first-order valence-electron chi connectivity index (χ1n) is 11.4.